The Bertz CT molecular complexity index is 1610. The van der Waals surface area contributed by atoms with Crippen LogP contribution in [0.25, 0.3) is 11.8 Å². The SMILES string of the molecule is O=c1/c(=C\c2cccc(O)c2)sc2n1[C@@H](c1ccc(F)cc1)C1=C(N=2)c2ccccc2CC1. The van der Waals surface area contributed by atoms with E-state index >= 15 is 0 Å². The molecule has 3 aromatic carbocycles. The Hall–Kier alpha value is -3.77. The van der Waals surface area contributed by atoms with Crippen molar-refractivity contribution < 1.29 is 9.50 Å². The highest BCUT2D eigenvalue weighted by atomic mass is 32.1. The van der Waals surface area contributed by atoms with Crippen molar-refractivity contribution in [2.24, 2.45) is 4.99 Å². The van der Waals surface area contributed by atoms with Crippen LogP contribution in [0.5, 0.6) is 5.75 Å². The van der Waals surface area contributed by atoms with Crippen molar-refractivity contribution in [1.82, 2.24) is 4.57 Å². The van der Waals surface area contributed by atoms with Gasteiger partial charge in [0.2, 0.25) is 0 Å². The molecule has 1 N–H and O–H groups in total. The van der Waals surface area contributed by atoms with Crippen molar-refractivity contribution in [1.29, 1.82) is 0 Å². The molecule has 1 atom stereocenters. The van der Waals surface area contributed by atoms with Crippen LogP contribution in [0.4, 0.5) is 4.39 Å². The van der Waals surface area contributed by atoms with Crippen molar-refractivity contribution >= 4 is 23.1 Å². The fourth-order valence-corrected chi connectivity index (χ4v) is 5.73. The lowest BCUT2D eigenvalue weighted by Gasteiger charge is -2.30. The average Bonchev–Trinajstić information content (AvgIpc) is 3.13. The van der Waals surface area contributed by atoms with Gasteiger partial charge in [-0.25, -0.2) is 9.38 Å². The third-order valence-electron chi connectivity index (χ3n) is 6.23. The van der Waals surface area contributed by atoms with Crippen molar-refractivity contribution in [3.63, 3.8) is 0 Å². The number of halogens is 1. The van der Waals surface area contributed by atoms with Crippen LogP contribution in [-0.2, 0) is 6.42 Å². The Morgan fingerprint density at radius 1 is 1.03 bits per heavy atom. The van der Waals surface area contributed by atoms with E-state index in [0.717, 1.165) is 40.8 Å². The maximum absolute atomic E-state index is 13.7. The van der Waals surface area contributed by atoms with E-state index in [1.807, 2.05) is 18.2 Å². The first-order valence-corrected chi connectivity index (χ1v) is 11.6. The molecule has 1 aliphatic heterocycles. The second kappa shape index (κ2) is 7.67. The third kappa shape index (κ3) is 3.34. The summed E-state index contributed by atoms with van der Waals surface area (Å²) in [5.41, 5.74) is 5.80. The highest BCUT2D eigenvalue weighted by molar-refractivity contribution is 7.07. The Morgan fingerprint density at radius 2 is 1.85 bits per heavy atom. The summed E-state index contributed by atoms with van der Waals surface area (Å²) in [5.74, 6) is -0.161. The molecular weight excluding hydrogens is 435 g/mol. The highest BCUT2D eigenvalue weighted by Crippen LogP contribution is 2.41. The molecule has 6 rings (SSSR count). The topological polar surface area (TPSA) is 54.6 Å². The van der Waals surface area contributed by atoms with Gasteiger partial charge in [0.15, 0.2) is 4.80 Å². The summed E-state index contributed by atoms with van der Waals surface area (Å²) in [5, 5.41) is 9.81. The van der Waals surface area contributed by atoms with Crippen molar-refractivity contribution in [2.75, 3.05) is 0 Å². The molecule has 1 aromatic heterocycles. The standard InChI is InChI=1S/C27H19FN2O2S/c28-19-11-8-18(9-12-19)25-22-13-10-17-5-1-2-7-21(17)24(22)29-27-30(25)26(32)23(33-27)15-16-4-3-6-20(31)14-16/h1-9,11-12,14-15,25,31H,10,13H2/b23-15+/t25-/m0/s1. The minimum absolute atomic E-state index is 0.137. The molecule has 0 amide bonds. The number of aryl methyl sites for hydroxylation is 1. The Labute approximate surface area is 192 Å². The molecule has 33 heavy (non-hydrogen) atoms. The predicted octanol–water partition coefficient (Wildman–Crippen LogP) is 4.16. The van der Waals surface area contributed by atoms with E-state index in [9.17, 15) is 14.3 Å². The van der Waals surface area contributed by atoms with Crippen LogP contribution in [0.2, 0.25) is 0 Å². The number of hydrogen-bond donors (Lipinski definition) is 1. The summed E-state index contributed by atoms with van der Waals surface area (Å²) < 4.78 is 16.0. The van der Waals surface area contributed by atoms with Crippen LogP contribution in [0, 0.1) is 5.82 Å². The molecule has 0 spiro atoms. The van der Waals surface area contributed by atoms with Crippen molar-refractivity contribution in [2.45, 2.75) is 18.9 Å². The number of nitrogens with zero attached hydrogens (tertiary/aromatic N) is 2. The number of phenols is 1. The Balaban J connectivity index is 1.63. The summed E-state index contributed by atoms with van der Waals surface area (Å²) in [7, 11) is 0. The first-order chi connectivity index (χ1) is 16.1. The number of fused-ring (bicyclic) bond motifs is 3. The first kappa shape index (κ1) is 19.9. The highest BCUT2D eigenvalue weighted by Gasteiger charge is 2.32. The second-order valence-electron chi connectivity index (χ2n) is 8.26. The molecule has 1 aliphatic carbocycles. The molecular formula is C27H19FN2O2S. The quantitative estimate of drug-likeness (QED) is 0.495. The number of aromatic nitrogens is 1. The van der Waals surface area contributed by atoms with Crippen molar-refractivity contribution in [3.05, 3.63) is 126 Å². The van der Waals surface area contributed by atoms with Crippen LogP contribution < -0.4 is 14.9 Å². The largest absolute Gasteiger partial charge is 0.508 e. The molecule has 0 fully saturated rings. The van der Waals surface area contributed by atoms with Gasteiger partial charge < -0.3 is 5.11 Å². The van der Waals surface area contributed by atoms with Gasteiger partial charge in [0.1, 0.15) is 11.6 Å². The number of aromatic hydroxyl groups is 1. The van der Waals surface area contributed by atoms with Gasteiger partial charge >= 0.3 is 0 Å². The van der Waals surface area contributed by atoms with Gasteiger partial charge in [-0.3, -0.25) is 9.36 Å². The molecule has 2 aliphatic rings. The van der Waals surface area contributed by atoms with E-state index in [1.54, 1.807) is 41.0 Å². The van der Waals surface area contributed by atoms with E-state index in [1.165, 1.54) is 29.0 Å². The number of phenolic OH excluding ortho intramolecular Hbond substituents is 1. The zero-order valence-corrected chi connectivity index (χ0v) is 18.3. The van der Waals surface area contributed by atoms with E-state index in [0.29, 0.717) is 9.33 Å². The normalized spacial score (nSPS) is 17.2. The summed E-state index contributed by atoms with van der Waals surface area (Å²) in [6.07, 6.45) is 3.44. The molecule has 0 unspecified atom stereocenters. The predicted molar refractivity (Wildman–Crippen MR) is 127 cm³/mol. The van der Waals surface area contributed by atoms with Crippen LogP contribution in [0.15, 0.2) is 88.2 Å². The van der Waals surface area contributed by atoms with Gasteiger partial charge in [-0.15, -0.1) is 0 Å². The lowest BCUT2D eigenvalue weighted by Crippen LogP contribution is -2.38. The zero-order chi connectivity index (χ0) is 22.5. The summed E-state index contributed by atoms with van der Waals surface area (Å²) in [4.78, 5) is 19.2. The molecule has 0 radical (unpaired) electrons. The lowest BCUT2D eigenvalue weighted by molar-refractivity contribution is 0.475. The van der Waals surface area contributed by atoms with Gasteiger partial charge in [-0.05, 0) is 65.4 Å². The summed E-state index contributed by atoms with van der Waals surface area (Å²) in [6.45, 7) is 0. The average molecular weight is 455 g/mol. The maximum atomic E-state index is 13.7. The number of thiazole rings is 1. The number of benzene rings is 3. The summed E-state index contributed by atoms with van der Waals surface area (Å²) in [6, 6.07) is 21.1. The van der Waals surface area contributed by atoms with Crippen LogP contribution in [-0.4, -0.2) is 9.67 Å². The minimum Gasteiger partial charge on any atom is -0.508 e. The Morgan fingerprint density at radius 3 is 2.67 bits per heavy atom. The molecule has 6 heteroatoms. The molecule has 0 saturated carbocycles. The zero-order valence-electron chi connectivity index (χ0n) is 17.5. The number of rotatable bonds is 2. The number of allylic oxidation sites excluding steroid dienone is 1. The molecule has 4 aromatic rings. The van der Waals surface area contributed by atoms with Crippen LogP contribution in [0.3, 0.4) is 0 Å². The van der Waals surface area contributed by atoms with E-state index in [2.05, 4.69) is 12.1 Å². The molecule has 162 valence electrons. The van der Waals surface area contributed by atoms with E-state index < -0.39 is 0 Å². The maximum Gasteiger partial charge on any atom is 0.271 e. The Kier molecular flexibility index (Phi) is 4.62. The minimum atomic E-state index is -0.337. The molecule has 0 bridgehead atoms. The summed E-state index contributed by atoms with van der Waals surface area (Å²) >= 11 is 1.33. The van der Waals surface area contributed by atoms with Gasteiger partial charge in [0, 0.05) is 5.56 Å². The third-order valence-corrected chi connectivity index (χ3v) is 7.21. The first-order valence-electron chi connectivity index (χ1n) is 10.8. The smallest absolute Gasteiger partial charge is 0.271 e. The van der Waals surface area contributed by atoms with E-state index in [-0.39, 0.29) is 23.2 Å². The molecule has 4 nitrogen and oxygen atoms in total. The van der Waals surface area contributed by atoms with Gasteiger partial charge in [0.05, 0.1) is 16.3 Å². The van der Waals surface area contributed by atoms with Gasteiger partial charge in [0.25, 0.3) is 5.56 Å². The molecule has 2 heterocycles. The van der Waals surface area contributed by atoms with E-state index in [4.69, 9.17) is 4.99 Å². The van der Waals surface area contributed by atoms with Gasteiger partial charge in [-0.2, -0.15) is 0 Å². The van der Waals surface area contributed by atoms with Crippen LogP contribution >= 0.6 is 11.3 Å². The van der Waals surface area contributed by atoms with Crippen molar-refractivity contribution in [3.8, 4) is 5.75 Å². The second-order valence-corrected chi connectivity index (χ2v) is 9.27. The van der Waals surface area contributed by atoms with Crippen LogP contribution in [0.1, 0.15) is 34.7 Å². The monoisotopic (exact) mass is 454 g/mol. The number of hydrogen-bond acceptors (Lipinski definition) is 4. The fraction of sp³-hybridized carbons (Fsp3) is 0.111. The molecule has 0 saturated heterocycles. The lowest BCUT2D eigenvalue weighted by atomic mass is 9.83. The fourth-order valence-electron chi connectivity index (χ4n) is 4.73. The van der Waals surface area contributed by atoms with Gasteiger partial charge in [-0.1, -0.05) is 59.9 Å².